The zero-order valence-electron chi connectivity index (χ0n) is 14.4. The van der Waals surface area contributed by atoms with Gasteiger partial charge in [0.1, 0.15) is 5.01 Å². The van der Waals surface area contributed by atoms with Gasteiger partial charge in [0.15, 0.2) is 0 Å². The van der Waals surface area contributed by atoms with E-state index in [-0.39, 0.29) is 5.56 Å². The van der Waals surface area contributed by atoms with Crippen molar-refractivity contribution in [2.24, 2.45) is 0 Å². The van der Waals surface area contributed by atoms with Crippen LogP contribution in [0.15, 0.2) is 35.3 Å². The van der Waals surface area contributed by atoms with E-state index >= 15 is 0 Å². The maximum absolute atomic E-state index is 12.3. The van der Waals surface area contributed by atoms with Crippen molar-refractivity contribution in [2.75, 3.05) is 7.05 Å². The van der Waals surface area contributed by atoms with Gasteiger partial charge in [-0.2, -0.15) is 9.61 Å². The quantitative estimate of drug-likeness (QED) is 0.680. The summed E-state index contributed by atoms with van der Waals surface area (Å²) in [6.45, 7) is 2.80. The van der Waals surface area contributed by atoms with Crippen molar-refractivity contribution in [3.05, 3.63) is 57.2 Å². The Labute approximate surface area is 150 Å². The average molecular weight is 355 g/mol. The smallest absolute Gasteiger partial charge is 0.275 e. The van der Waals surface area contributed by atoms with Crippen LogP contribution in [0.2, 0.25) is 0 Å². The van der Waals surface area contributed by atoms with Gasteiger partial charge in [0.25, 0.3) is 5.56 Å². The molecule has 7 heteroatoms. The van der Waals surface area contributed by atoms with Crippen LogP contribution < -0.4 is 5.56 Å². The number of rotatable bonds is 6. The number of hydrogen-bond acceptors (Lipinski definition) is 6. The maximum atomic E-state index is 12.3. The lowest BCUT2D eigenvalue weighted by Gasteiger charge is -2.24. The number of fused-ring (bicyclic) bond motifs is 1. The van der Waals surface area contributed by atoms with Crippen LogP contribution in [0, 0.1) is 0 Å². The lowest BCUT2D eigenvalue weighted by molar-refractivity contribution is 0.244. The minimum Gasteiger partial charge on any atom is -0.297 e. The summed E-state index contributed by atoms with van der Waals surface area (Å²) in [5.74, 6) is 0.538. The van der Waals surface area contributed by atoms with Gasteiger partial charge in [-0.1, -0.05) is 17.4 Å². The third kappa shape index (κ3) is 3.62. The number of hydrogen-bond donors (Lipinski definition) is 0. The molecule has 0 saturated heterocycles. The summed E-state index contributed by atoms with van der Waals surface area (Å²) < 4.78 is 1.44. The molecular formula is C18H21N5OS. The van der Waals surface area contributed by atoms with Crippen molar-refractivity contribution in [3.63, 3.8) is 0 Å². The molecule has 25 heavy (non-hydrogen) atoms. The molecule has 130 valence electrons. The summed E-state index contributed by atoms with van der Waals surface area (Å²) in [6, 6.07) is 7.88. The van der Waals surface area contributed by atoms with E-state index in [1.165, 1.54) is 17.4 Å². The highest BCUT2D eigenvalue weighted by atomic mass is 32.1. The Bertz CT molecular complexity index is 932. The van der Waals surface area contributed by atoms with Gasteiger partial charge in [0.05, 0.1) is 5.69 Å². The third-order valence-corrected chi connectivity index (χ3v) is 5.71. The minimum atomic E-state index is -0.0890. The Morgan fingerprint density at radius 3 is 2.92 bits per heavy atom. The first kappa shape index (κ1) is 16.4. The van der Waals surface area contributed by atoms with Crippen LogP contribution in [0.3, 0.4) is 0 Å². The number of pyridine rings is 1. The van der Waals surface area contributed by atoms with E-state index in [1.807, 2.05) is 24.4 Å². The van der Waals surface area contributed by atoms with Crippen molar-refractivity contribution >= 4 is 16.3 Å². The van der Waals surface area contributed by atoms with E-state index in [0.717, 1.165) is 22.8 Å². The summed E-state index contributed by atoms with van der Waals surface area (Å²) in [7, 11) is 2.05. The van der Waals surface area contributed by atoms with E-state index in [0.29, 0.717) is 23.5 Å². The van der Waals surface area contributed by atoms with Crippen LogP contribution in [-0.4, -0.2) is 37.6 Å². The molecule has 4 rings (SSSR count). The first-order chi connectivity index (χ1) is 12.1. The average Bonchev–Trinajstić information content (AvgIpc) is 3.35. The highest BCUT2D eigenvalue weighted by Gasteiger charge is 2.28. The highest BCUT2D eigenvalue weighted by Crippen LogP contribution is 2.41. The Hall–Kier alpha value is -2.12. The van der Waals surface area contributed by atoms with Crippen LogP contribution in [0.5, 0.6) is 0 Å². The van der Waals surface area contributed by atoms with Gasteiger partial charge in [-0.25, -0.2) is 4.98 Å². The first-order valence-electron chi connectivity index (χ1n) is 8.60. The molecule has 6 nitrogen and oxygen atoms in total. The molecule has 0 amide bonds. The molecular weight excluding hydrogens is 334 g/mol. The summed E-state index contributed by atoms with van der Waals surface area (Å²) in [6.07, 6.45) is 5.04. The van der Waals surface area contributed by atoms with E-state index in [4.69, 9.17) is 0 Å². The lowest BCUT2D eigenvalue weighted by atomic mass is 10.1. The molecule has 0 aliphatic heterocycles. The number of nitrogens with zero attached hydrogens (tertiary/aromatic N) is 5. The Morgan fingerprint density at radius 2 is 2.20 bits per heavy atom. The summed E-state index contributed by atoms with van der Waals surface area (Å²) in [4.78, 5) is 24.3. The van der Waals surface area contributed by atoms with Gasteiger partial charge in [0, 0.05) is 42.9 Å². The van der Waals surface area contributed by atoms with Gasteiger partial charge in [0.2, 0.25) is 4.96 Å². The molecule has 0 N–H and O–H groups in total. The molecule has 3 aromatic rings. The van der Waals surface area contributed by atoms with Crippen LogP contribution in [-0.2, 0) is 13.0 Å². The Morgan fingerprint density at radius 1 is 1.36 bits per heavy atom. The van der Waals surface area contributed by atoms with Crippen molar-refractivity contribution in [3.8, 4) is 0 Å². The molecule has 1 fully saturated rings. The second kappa shape index (κ2) is 6.65. The van der Waals surface area contributed by atoms with Gasteiger partial charge in [-0.05, 0) is 38.9 Å². The third-order valence-electron chi connectivity index (χ3n) is 4.63. The maximum Gasteiger partial charge on any atom is 0.275 e. The molecule has 0 aromatic carbocycles. The van der Waals surface area contributed by atoms with Gasteiger partial charge < -0.3 is 0 Å². The topological polar surface area (TPSA) is 63.4 Å². The summed E-state index contributed by atoms with van der Waals surface area (Å²) in [5.41, 5.74) is 1.78. The van der Waals surface area contributed by atoms with Crippen molar-refractivity contribution in [1.29, 1.82) is 0 Å². The fraction of sp³-hybridized carbons (Fsp3) is 0.444. The van der Waals surface area contributed by atoms with E-state index in [2.05, 4.69) is 33.9 Å². The van der Waals surface area contributed by atoms with Crippen LogP contribution >= 0.6 is 11.3 Å². The van der Waals surface area contributed by atoms with Gasteiger partial charge >= 0.3 is 0 Å². The lowest BCUT2D eigenvalue weighted by Crippen LogP contribution is -2.31. The molecule has 0 spiro atoms. The minimum absolute atomic E-state index is 0.0890. The standard InChI is InChI=1S/C18H21N5OS/c1-12(9-14-5-3-4-8-19-14)22(2)11-15-10-16(24)23-18(20-15)25-17(21-23)13-6-7-13/h3-5,8,10,12-13H,6-7,9,11H2,1-2H3/t12-/m1/s1. The van der Waals surface area contributed by atoms with Crippen LogP contribution in [0.1, 0.15) is 42.1 Å². The molecule has 3 heterocycles. The normalized spacial score (nSPS) is 15.8. The van der Waals surface area contributed by atoms with E-state index in [1.54, 1.807) is 17.4 Å². The number of likely N-dealkylation sites (N-methyl/N-ethyl adjacent to an activating group) is 1. The predicted molar refractivity (Wildman–Crippen MR) is 98.0 cm³/mol. The SMILES string of the molecule is C[C@H](Cc1ccccn1)N(C)Cc1cc(=O)n2nc(C3CC3)sc2n1. The Balaban J connectivity index is 1.50. The largest absolute Gasteiger partial charge is 0.297 e. The molecule has 0 radical (unpaired) electrons. The zero-order valence-corrected chi connectivity index (χ0v) is 15.2. The van der Waals surface area contributed by atoms with Crippen molar-refractivity contribution in [1.82, 2.24) is 24.5 Å². The van der Waals surface area contributed by atoms with Crippen molar-refractivity contribution < 1.29 is 0 Å². The second-order valence-corrected chi connectivity index (χ2v) is 7.77. The Kier molecular flexibility index (Phi) is 4.35. The van der Waals surface area contributed by atoms with Crippen molar-refractivity contribution in [2.45, 2.75) is 44.7 Å². The summed E-state index contributed by atoms with van der Waals surface area (Å²) in [5, 5.41) is 5.46. The van der Waals surface area contributed by atoms with Crippen LogP contribution in [0.25, 0.3) is 4.96 Å². The highest BCUT2D eigenvalue weighted by molar-refractivity contribution is 7.16. The zero-order chi connectivity index (χ0) is 17.4. The number of aromatic nitrogens is 4. The van der Waals surface area contributed by atoms with Crippen LogP contribution in [0.4, 0.5) is 0 Å². The molecule has 1 aliphatic rings. The molecule has 1 aliphatic carbocycles. The molecule has 0 bridgehead atoms. The molecule has 1 atom stereocenters. The fourth-order valence-corrected chi connectivity index (χ4v) is 3.93. The first-order valence-corrected chi connectivity index (χ1v) is 9.41. The molecule has 3 aromatic heterocycles. The second-order valence-electron chi connectivity index (χ2n) is 6.78. The van der Waals surface area contributed by atoms with Gasteiger partial charge in [-0.3, -0.25) is 14.7 Å². The summed E-state index contributed by atoms with van der Waals surface area (Å²) >= 11 is 1.55. The monoisotopic (exact) mass is 355 g/mol. The molecule has 1 saturated carbocycles. The molecule has 0 unspecified atom stereocenters. The predicted octanol–water partition coefficient (Wildman–Crippen LogP) is 2.49. The van der Waals surface area contributed by atoms with E-state index in [9.17, 15) is 4.79 Å². The van der Waals surface area contributed by atoms with Gasteiger partial charge in [-0.15, -0.1) is 0 Å². The van der Waals surface area contributed by atoms with E-state index < -0.39 is 0 Å². The fourth-order valence-electron chi connectivity index (χ4n) is 2.84.